The van der Waals surface area contributed by atoms with Crippen LogP contribution in [0, 0.1) is 23.2 Å². The normalized spacial score (nSPS) is 32.4. The lowest BCUT2D eigenvalue weighted by Crippen LogP contribution is -2.61. The third-order valence-electron chi connectivity index (χ3n) is 6.68. The molecule has 4 aliphatic rings. The van der Waals surface area contributed by atoms with Gasteiger partial charge in [0.25, 0.3) is 0 Å². The van der Waals surface area contributed by atoms with Crippen LogP contribution in [0.1, 0.15) is 58.8 Å². The van der Waals surface area contributed by atoms with Gasteiger partial charge >= 0.3 is 6.03 Å². The Morgan fingerprint density at radius 3 is 2.15 bits per heavy atom. The monoisotopic (exact) mass is 364 g/mol. The molecule has 148 valence electrons. The van der Waals surface area contributed by atoms with Gasteiger partial charge in [-0.3, -0.25) is 4.79 Å². The highest BCUT2D eigenvalue weighted by molar-refractivity contribution is 5.78. The maximum Gasteiger partial charge on any atom is 0.315 e. The van der Waals surface area contributed by atoms with Gasteiger partial charge in [0.15, 0.2) is 0 Å². The Bertz CT molecular complexity index is 511. The molecule has 4 bridgehead atoms. The van der Waals surface area contributed by atoms with Crippen LogP contribution in [-0.4, -0.2) is 49.1 Å². The highest BCUT2D eigenvalue weighted by Crippen LogP contribution is 2.55. The third-order valence-corrected chi connectivity index (χ3v) is 6.68. The summed E-state index contributed by atoms with van der Waals surface area (Å²) in [4.78, 5) is 26.3. The summed E-state index contributed by atoms with van der Waals surface area (Å²) in [6, 6.07) is -0.107. The van der Waals surface area contributed by atoms with Crippen LogP contribution in [-0.2, 0) is 4.79 Å². The molecule has 4 fully saturated rings. The Labute approximate surface area is 157 Å². The van der Waals surface area contributed by atoms with E-state index < -0.39 is 0 Å². The van der Waals surface area contributed by atoms with Gasteiger partial charge in [-0.15, -0.1) is 0 Å². The number of carbonyl (C=O) groups is 2. The maximum atomic E-state index is 12.4. The highest BCUT2D eigenvalue weighted by Gasteiger charge is 2.51. The van der Waals surface area contributed by atoms with Gasteiger partial charge in [-0.2, -0.15) is 0 Å². The lowest BCUT2D eigenvalue weighted by molar-refractivity contribution is -0.130. The first-order valence-electron chi connectivity index (χ1n) is 10.2. The van der Waals surface area contributed by atoms with E-state index in [1.165, 1.54) is 19.3 Å². The SMILES string of the molecule is CN(CC(C)(C)CN)C(=O)CCNC(=O)NC12CC3CC(CC(C3)C1)C2. The van der Waals surface area contributed by atoms with Gasteiger partial charge in [0.1, 0.15) is 0 Å². The van der Waals surface area contributed by atoms with Crippen molar-refractivity contribution in [3.63, 3.8) is 0 Å². The average molecular weight is 365 g/mol. The number of urea groups is 1. The fourth-order valence-electron chi connectivity index (χ4n) is 5.82. The van der Waals surface area contributed by atoms with Crippen molar-refractivity contribution >= 4 is 11.9 Å². The molecule has 0 radical (unpaired) electrons. The summed E-state index contributed by atoms with van der Waals surface area (Å²) in [7, 11) is 1.80. The van der Waals surface area contributed by atoms with E-state index >= 15 is 0 Å². The van der Waals surface area contributed by atoms with Gasteiger partial charge in [-0.05, 0) is 68.2 Å². The minimum atomic E-state index is -0.107. The Kier molecular flexibility index (Phi) is 5.52. The second kappa shape index (κ2) is 7.37. The van der Waals surface area contributed by atoms with Crippen LogP contribution < -0.4 is 16.4 Å². The lowest BCUT2D eigenvalue weighted by Gasteiger charge is -2.56. The minimum absolute atomic E-state index is 0.0186. The molecule has 0 aliphatic heterocycles. The van der Waals surface area contributed by atoms with E-state index in [1.807, 2.05) is 13.8 Å². The van der Waals surface area contributed by atoms with Crippen molar-refractivity contribution in [3.05, 3.63) is 0 Å². The molecular formula is C20H36N4O2. The first-order chi connectivity index (χ1) is 12.2. The maximum absolute atomic E-state index is 12.4. The molecule has 0 spiro atoms. The zero-order chi connectivity index (χ0) is 18.9. The summed E-state index contributed by atoms with van der Waals surface area (Å²) >= 11 is 0. The number of nitrogens with zero attached hydrogens (tertiary/aromatic N) is 1. The zero-order valence-corrected chi connectivity index (χ0v) is 16.6. The van der Waals surface area contributed by atoms with E-state index in [2.05, 4.69) is 10.6 Å². The predicted octanol–water partition coefficient (Wildman–Crippen LogP) is 2.09. The largest absolute Gasteiger partial charge is 0.345 e. The van der Waals surface area contributed by atoms with E-state index in [9.17, 15) is 9.59 Å². The van der Waals surface area contributed by atoms with E-state index in [0.717, 1.165) is 37.0 Å². The van der Waals surface area contributed by atoms with Crippen molar-refractivity contribution in [1.82, 2.24) is 15.5 Å². The second-order valence-corrected chi connectivity index (χ2v) is 9.95. The molecule has 26 heavy (non-hydrogen) atoms. The summed E-state index contributed by atoms with van der Waals surface area (Å²) in [5, 5.41) is 6.18. The van der Waals surface area contributed by atoms with Crippen LogP contribution in [0.15, 0.2) is 0 Å². The van der Waals surface area contributed by atoms with Gasteiger partial charge in [0, 0.05) is 32.1 Å². The molecule has 0 saturated heterocycles. The fourth-order valence-corrected chi connectivity index (χ4v) is 5.82. The molecular weight excluding hydrogens is 328 g/mol. The number of carbonyl (C=O) groups excluding carboxylic acids is 2. The molecule has 0 aromatic carbocycles. The predicted molar refractivity (Wildman–Crippen MR) is 103 cm³/mol. The minimum Gasteiger partial charge on any atom is -0.345 e. The van der Waals surface area contributed by atoms with Crippen molar-refractivity contribution in [2.24, 2.45) is 28.9 Å². The smallest absolute Gasteiger partial charge is 0.315 e. The summed E-state index contributed by atoms with van der Waals surface area (Å²) in [6.07, 6.45) is 7.84. The van der Waals surface area contributed by atoms with Gasteiger partial charge in [0.2, 0.25) is 5.91 Å². The van der Waals surface area contributed by atoms with Crippen LogP contribution in [0.2, 0.25) is 0 Å². The van der Waals surface area contributed by atoms with Crippen molar-refractivity contribution in [3.8, 4) is 0 Å². The van der Waals surface area contributed by atoms with E-state index in [4.69, 9.17) is 5.73 Å². The number of rotatable bonds is 7. The first-order valence-corrected chi connectivity index (χ1v) is 10.2. The molecule has 6 nitrogen and oxygen atoms in total. The van der Waals surface area contributed by atoms with Gasteiger partial charge < -0.3 is 21.3 Å². The van der Waals surface area contributed by atoms with Crippen molar-refractivity contribution < 1.29 is 9.59 Å². The fraction of sp³-hybridized carbons (Fsp3) is 0.900. The van der Waals surface area contributed by atoms with Gasteiger partial charge in [0.05, 0.1) is 0 Å². The summed E-state index contributed by atoms with van der Waals surface area (Å²) in [5.41, 5.74) is 5.66. The van der Waals surface area contributed by atoms with Crippen LogP contribution in [0.5, 0.6) is 0 Å². The highest BCUT2D eigenvalue weighted by atomic mass is 16.2. The van der Waals surface area contributed by atoms with Crippen LogP contribution in [0.3, 0.4) is 0 Å². The number of nitrogens with two attached hydrogens (primary N) is 1. The molecule has 4 saturated carbocycles. The molecule has 0 heterocycles. The van der Waals surface area contributed by atoms with Gasteiger partial charge in [-0.25, -0.2) is 4.79 Å². The first kappa shape index (κ1) is 19.5. The quantitative estimate of drug-likeness (QED) is 0.646. The van der Waals surface area contributed by atoms with Crippen LogP contribution in [0.25, 0.3) is 0 Å². The molecule has 4 rings (SSSR count). The summed E-state index contributed by atoms with van der Waals surface area (Å²) < 4.78 is 0. The number of hydrogen-bond acceptors (Lipinski definition) is 3. The number of nitrogens with one attached hydrogen (secondary N) is 2. The number of amides is 3. The number of hydrogen-bond donors (Lipinski definition) is 3. The van der Waals surface area contributed by atoms with Crippen LogP contribution >= 0.6 is 0 Å². The summed E-state index contributed by atoms with van der Waals surface area (Å²) in [6.45, 7) is 5.64. The third kappa shape index (κ3) is 4.51. The Morgan fingerprint density at radius 1 is 1.12 bits per heavy atom. The molecule has 0 atom stereocenters. The molecule has 4 N–H and O–H groups in total. The lowest BCUT2D eigenvalue weighted by atomic mass is 9.53. The summed E-state index contributed by atoms with van der Waals surface area (Å²) in [5.74, 6) is 2.47. The molecule has 4 aliphatic carbocycles. The van der Waals surface area contributed by atoms with Crippen LogP contribution in [0.4, 0.5) is 4.79 Å². The Balaban J connectivity index is 1.40. The molecule has 0 aromatic heterocycles. The molecule has 0 unspecified atom stereocenters. The molecule has 3 amide bonds. The topological polar surface area (TPSA) is 87.5 Å². The zero-order valence-electron chi connectivity index (χ0n) is 16.6. The standard InChI is InChI=1S/C20H36N4O2/c1-19(2,12-21)13-24(3)17(25)4-5-22-18(26)23-20-9-14-6-15(10-20)8-16(7-14)11-20/h14-16H,4-13,21H2,1-3H3,(H2,22,23,26). The van der Waals surface area contributed by atoms with E-state index in [1.54, 1.807) is 11.9 Å². The molecule has 0 aromatic rings. The van der Waals surface area contributed by atoms with Crippen molar-refractivity contribution in [1.29, 1.82) is 0 Å². The Hall–Kier alpha value is -1.30. The average Bonchev–Trinajstić information content (AvgIpc) is 2.52. The second-order valence-electron chi connectivity index (χ2n) is 9.95. The van der Waals surface area contributed by atoms with Crippen molar-refractivity contribution in [2.75, 3.05) is 26.7 Å². The Morgan fingerprint density at radius 2 is 1.65 bits per heavy atom. The van der Waals surface area contributed by atoms with E-state index in [-0.39, 0.29) is 22.9 Å². The van der Waals surface area contributed by atoms with E-state index in [0.29, 0.717) is 26.1 Å². The van der Waals surface area contributed by atoms with Crippen molar-refractivity contribution in [2.45, 2.75) is 64.3 Å². The molecule has 6 heteroatoms. The van der Waals surface area contributed by atoms with Gasteiger partial charge in [-0.1, -0.05) is 13.8 Å².